The van der Waals surface area contributed by atoms with Crippen molar-refractivity contribution in [3.8, 4) is 44.5 Å². The van der Waals surface area contributed by atoms with Crippen LogP contribution in [0.3, 0.4) is 0 Å². The molecule has 0 N–H and O–H groups in total. The van der Waals surface area contributed by atoms with Crippen LogP contribution in [0.15, 0.2) is 217 Å². The molecule has 0 unspecified atom stereocenters. The van der Waals surface area contributed by atoms with E-state index in [0.29, 0.717) is 0 Å². The van der Waals surface area contributed by atoms with Crippen LogP contribution in [0.5, 0.6) is 0 Å². The van der Waals surface area contributed by atoms with Crippen LogP contribution in [0.25, 0.3) is 88.0 Å². The Hall–Kier alpha value is -7.68. The summed E-state index contributed by atoms with van der Waals surface area (Å²) in [6.07, 6.45) is 0. The van der Waals surface area contributed by atoms with Crippen molar-refractivity contribution >= 4 is 60.5 Å². The van der Waals surface area contributed by atoms with Crippen LogP contribution < -0.4 is 4.90 Å². The van der Waals surface area contributed by atoms with Gasteiger partial charge in [0.2, 0.25) is 0 Å². The Morgan fingerprint density at radius 3 is 1.75 bits per heavy atom. The number of hydrogen-bond acceptors (Lipinski definition) is 2. The first kappa shape index (κ1) is 35.3. The lowest BCUT2D eigenvalue weighted by Crippen LogP contribution is -2.17. The topological polar surface area (TPSA) is 16.4 Å². The van der Waals surface area contributed by atoms with Gasteiger partial charge < -0.3 is 9.32 Å². The molecule has 1 aliphatic carbocycles. The molecule has 61 heavy (non-hydrogen) atoms. The number of rotatable bonds is 6. The van der Waals surface area contributed by atoms with Gasteiger partial charge in [0.1, 0.15) is 11.2 Å². The van der Waals surface area contributed by atoms with E-state index in [2.05, 4.69) is 231 Å². The Kier molecular flexibility index (Phi) is 7.92. The molecule has 0 radical (unpaired) electrons. The number of nitrogens with zero attached hydrogens (tertiary/aromatic N) is 1. The second kappa shape index (κ2) is 13.7. The first-order valence-electron chi connectivity index (χ1n) is 21.2. The van der Waals surface area contributed by atoms with E-state index in [1.807, 2.05) is 0 Å². The van der Waals surface area contributed by atoms with Gasteiger partial charge in [0.25, 0.3) is 0 Å². The average Bonchev–Trinajstić information content (AvgIpc) is 3.81. The Labute approximate surface area is 355 Å². The zero-order chi connectivity index (χ0) is 40.7. The molecular weight excluding hydrogens is 739 g/mol. The minimum atomic E-state index is -0.179. The van der Waals surface area contributed by atoms with Crippen molar-refractivity contribution in [3.63, 3.8) is 0 Å². The molecule has 0 fully saturated rings. The lowest BCUT2D eigenvalue weighted by molar-refractivity contribution is 0.660. The van der Waals surface area contributed by atoms with Crippen molar-refractivity contribution in [3.05, 3.63) is 223 Å². The zero-order valence-corrected chi connectivity index (χ0v) is 34.1. The Bertz CT molecular complexity index is 3500. The summed E-state index contributed by atoms with van der Waals surface area (Å²) in [7, 11) is 0. The molecule has 10 aromatic carbocycles. The molecule has 12 rings (SSSR count). The smallest absolute Gasteiger partial charge is 0.136 e. The maximum Gasteiger partial charge on any atom is 0.136 e. The van der Waals surface area contributed by atoms with Gasteiger partial charge in [-0.25, -0.2) is 0 Å². The number of benzene rings is 10. The molecule has 1 aliphatic rings. The summed E-state index contributed by atoms with van der Waals surface area (Å²) >= 11 is 0. The molecule has 0 spiro atoms. The van der Waals surface area contributed by atoms with Gasteiger partial charge in [0.15, 0.2) is 0 Å². The molecule has 0 saturated heterocycles. The van der Waals surface area contributed by atoms with E-state index in [1.165, 1.54) is 71.6 Å². The fraction of sp³-hybridized carbons (Fsp3) is 0.0508. The summed E-state index contributed by atoms with van der Waals surface area (Å²) < 4.78 is 6.71. The van der Waals surface area contributed by atoms with Crippen LogP contribution in [-0.4, -0.2) is 0 Å². The predicted octanol–water partition coefficient (Wildman–Crippen LogP) is 16.7. The van der Waals surface area contributed by atoms with Crippen LogP contribution in [0.4, 0.5) is 17.1 Å². The predicted molar refractivity (Wildman–Crippen MR) is 257 cm³/mol. The molecule has 0 bridgehead atoms. The highest BCUT2D eigenvalue weighted by atomic mass is 16.3. The minimum absolute atomic E-state index is 0.179. The molecule has 0 aliphatic heterocycles. The monoisotopic (exact) mass is 779 g/mol. The van der Waals surface area contributed by atoms with E-state index < -0.39 is 0 Å². The summed E-state index contributed by atoms with van der Waals surface area (Å²) in [5, 5.41) is 7.09. The van der Waals surface area contributed by atoms with Gasteiger partial charge in [0, 0.05) is 33.1 Å². The molecule has 0 atom stereocenters. The van der Waals surface area contributed by atoms with Crippen molar-refractivity contribution < 1.29 is 4.42 Å². The van der Waals surface area contributed by atoms with E-state index in [4.69, 9.17) is 4.42 Å². The highest BCUT2D eigenvalue weighted by Crippen LogP contribution is 2.54. The number of anilines is 3. The second-order valence-electron chi connectivity index (χ2n) is 16.8. The van der Waals surface area contributed by atoms with Gasteiger partial charge in [-0.1, -0.05) is 178 Å². The largest absolute Gasteiger partial charge is 0.456 e. The standard InChI is InChI=1S/C59H41NO/c1-59(2)52-27-15-13-25-47(52)48-32-30-42(37-53(48)59)60(41-29-31-44(38-17-5-3-6-18-38)50(36-41)39-19-7-4-8-20-39)54-33-34-56-58(49-26-14-16-28-55(49)61-56)57(54)51-35-40-21-9-10-22-43(40)45-23-11-12-24-46(45)51/h3-37H,1-2H3. The molecule has 1 aromatic heterocycles. The van der Waals surface area contributed by atoms with E-state index in [-0.39, 0.29) is 5.41 Å². The molecule has 11 aromatic rings. The SMILES string of the molecule is CC1(C)c2ccccc2-c2ccc(N(c3ccc(-c4ccccc4)c(-c4ccccc4)c3)c3ccc4oc5ccccc5c4c3-c3cc4ccccc4c4ccccc34)cc21. The summed E-state index contributed by atoms with van der Waals surface area (Å²) in [6.45, 7) is 4.73. The van der Waals surface area contributed by atoms with Crippen molar-refractivity contribution in [2.24, 2.45) is 0 Å². The Balaban J connectivity index is 1.21. The van der Waals surface area contributed by atoms with Crippen molar-refractivity contribution in [2.75, 3.05) is 4.90 Å². The Morgan fingerprint density at radius 2 is 0.967 bits per heavy atom. The highest BCUT2D eigenvalue weighted by Gasteiger charge is 2.36. The summed E-state index contributed by atoms with van der Waals surface area (Å²) in [6, 6.07) is 77.6. The van der Waals surface area contributed by atoms with E-state index in [1.54, 1.807) is 0 Å². The van der Waals surface area contributed by atoms with E-state index >= 15 is 0 Å². The maximum atomic E-state index is 6.71. The van der Waals surface area contributed by atoms with Crippen LogP contribution >= 0.6 is 0 Å². The third kappa shape index (κ3) is 5.49. The Morgan fingerprint density at radius 1 is 0.377 bits per heavy atom. The van der Waals surface area contributed by atoms with Gasteiger partial charge in [-0.15, -0.1) is 0 Å². The maximum absolute atomic E-state index is 6.71. The van der Waals surface area contributed by atoms with E-state index in [0.717, 1.165) is 44.6 Å². The first-order chi connectivity index (χ1) is 30.0. The summed E-state index contributed by atoms with van der Waals surface area (Å²) in [4.78, 5) is 2.50. The van der Waals surface area contributed by atoms with Gasteiger partial charge in [-0.3, -0.25) is 0 Å². The van der Waals surface area contributed by atoms with Gasteiger partial charge >= 0.3 is 0 Å². The van der Waals surface area contributed by atoms with Crippen LogP contribution in [0, 0.1) is 0 Å². The fourth-order valence-corrected chi connectivity index (χ4v) is 10.2. The average molecular weight is 780 g/mol. The third-order valence-corrected chi connectivity index (χ3v) is 13.1. The third-order valence-electron chi connectivity index (χ3n) is 13.1. The summed E-state index contributed by atoms with van der Waals surface area (Å²) in [5.41, 5.74) is 17.2. The fourth-order valence-electron chi connectivity index (χ4n) is 10.2. The van der Waals surface area contributed by atoms with Crippen molar-refractivity contribution in [2.45, 2.75) is 19.3 Å². The quantitative estimate of drug-likeness (QED) is 0.156. The van der Waals surface area contributed by atoms with Gasteiger partial charge in [0.05, 0.1) is 5.69 Å². The summed E-state index contributed by atoms with van der Waals surface area (Å²) in [5.74, 6) is 0. The van der Waals surface area contributed by atoms with Crippen molar-refractivity contribution in [1.29, 1.82) is 0 Å². The number of para-hydroxylation sites is 1. The normalized spacial score (nSPS) is 12.9. The number of fused-ring (bicyclic) bond motifs is 9. The van der Waals surface area contributed by atoms with Crippen LogP contribution in [0.2, 0.25) is 0 Å². The van der Waals surface area contributed by atoms with Crippen molar-refractivity contribution in [1.82, 2.24) is 0 Å². The molecule has 0 amide bonds. The zero-order valence-electron chi connectivity index (χ0n) is 34.1. The van der Waals surface area contributed by atoms with Crippen LogP contribution in [0.1, 0.15) is 25.0 Å². The highest BCUT2D eigenvalue weighted by molar-refractivity contribution is 6.22. The molecule has 1 heterocycles. The molecule has 2 nitrogen and oxygen atoms in total. The molecule has 2 heteroatoms. The molecule has 288 valence electrons. The molecule has 0 saturated carbocycles. The first-order valence-corrected chi connectivity index (χ1v) is 21.2. The molecular formula is C59H41NO. The second-order valence-corrected chi connectivity index (χ2v) is 16.8. The minimum Gasteiger partial charge on any atom is -0.456 e. The number of furan rings is 1. The number of hydrogen-bond donors (Lipinski definition) is 0. The van der Waals surface area contributed by atoms with E-state index in [9.17, 15) is 0 Å². The van der Waals surface area contributed by atoms with Gasteiger partial charge in [-0.2, -0.15) is 0 Å². The van der Waals surface area contributed by atoms with Gasteiger partial charge in [-0.05, 0) is 120 Å². The lowest BCUT2D eigenvalue weighted by Gasteiger charge is -2.31. The van der Waals surface area contributed by atoms with Crippen LogP contribution in [-0.2, 0) is 5.41 Å². The lowest BCUT2D eigenvalue weighted by atomic mass is 9.82.